The summed E-state index contributed by atoms with van der Waals surface area (Å²) in [7, 11) is 0. The first-order valence-electron chi connectivity index (χ1n) is 6.99. The molecule has 1 atom stereocenters. The minimum Gasteiger partial charge on any atom is -0.465 e. The maximum Gasteiger partial charge on any atom is 0.418 e. The molecule has 4 aliphatic rings. The number of carbonyl (C=O) groups is 3. The van der Waals surface area contributed by atoms with Gasteiger partial charge in [-0.2, -0.15) is 0 Å². The van der Waals surface area contributed by atoms with E-state index in [4.69, 9.17) is 9.47 Å². The lowest BCUT2D eigenvalue weighted by Crippen LogP contribution is -2.63. The van der Waals surface area contributed by atoms with Crippen LogP contribution < -0.4 is 0 Å². The second kappa shape index (κ2) is 4.73. The molecule has 4 rings (SSSR count). The molecule has 0 aromatic carbocycles. The maximum atomic E-state index is 12.6. The van der Waals surface area contributed by atoms with Crippen molar-refractivity contribution in [1.82, 2.24) is 9.80 Å². The molecule has 4 heterocycles. The first-order valence-corrected chi connectivity index (χ1v) is 6.99. The van der Waals surface area contributed by atoms with Crippen LogP contribution in [0.3, 0.4) is 0 Å². The van der Waals surface area contributed by atoms with E-state index in [9.17, 15) is 14.4 Å². The van der Waals surface area contributed by atoms with E-state index in [1.165, 1.54) is 0 Å². The molecule has 1 unspecified atom stereocenters. The van der Waals surface area contributed by atoms with Crippen molar-refractivity contribution < 1.29 is 23.9 Å². The molecule has 0 saturated carbocycles. The van der Waals surface area contributed by atoms with Gasteiger partial charge in [0.25, 0.3) is 5.91 Å². The summed E-state index contributed by atoms with van der Waals surface area (Å²) in [4.78, 5) is 39.0. The number of ether oxygens (including phenoxy) is 2. The average Bonchev–Trinajstić information content (AvgIpc) is 2.65. The van der Waals surface area contributed by atoms with Crippen molar-refractivity contribution in [1.29, 1.82) is 0 Å². The molecule has 0 aliphatic carbocycles. The topological polar surface area (TPSA) is 76.2 Å². The maximum absolute atomic E-state index is 12.6. The van der Waals surface area contributed by atoms with Gasteiger partial charge in [-0.15, -0.1) is 0 Å². The predicted molar refractivity (Wildman–Crippen MR) is 66.7 cm³/mol. The Morgan fingerprint density at radius 2 is 2.10 bits per heavy atom. The Kier molecular flexibility index (Phi) is 3.16. The van der Waals surface area contributed by atoms with Gasteiger partial charge in [-0.25, -0.2) is 9.69 Å². The third-order valence-electron chi connectivity index (χ3n) is 4.40. The van der Waals surface area contributed by atoms with Crippen molar-refractivity contribution in [2.45, 2.75) is 25.4 Å². The first-order chi connectivity index (χ1) is 9.56. The molecular weight excluding hydrogens is 264 g/mol. The number of hydrogen-bond donors (Lipinski definition) is 0. The fraction of sp³-hybridized carbons (Fsp3) is 0.769. The van der Waals surface area contributed by atoms with Crippen molar-refractivity contribution >= 4 is 18.0 Å². The molecule has 4 saturated heterocycles. The third-order valence-corrected chi connectivity index (χ3v) is 4.40. The van der Waals surface area contributed by atoms with Crippen LogP contribution in [0, 0.1) is 5.92 Å². The van der Waals surface area contributed by atoms with Crippen LogP contribution in [0.25, 0.3) is 0 Å². The number of hydrogen-bond acceptors (Lipinski definition) is 6. The summed E-state index contributed by atoms with van der Waals surface area (Å²) in [5.74, 6) is -0.905. The number of fused-ring (bicyclic) bond motifs is 2. The highest BCUT2D eigenvalue weighted by molar-refractivity contribution is 6.05. The molecule has 2 bridgehead atoms. The van der Waals surface area contributed by atoms with E-state index >= 15 is 0 Å². The first kappa shape index (κ1) is 13.4. The largest absolute Gasteiger partial charge is 0.465 e. The molecular formula is C13H18N2O5. The SMILES string of the molecule is CCOC(=O)CN1C(=O)OC2(CN3CCC2CC3)C1=O. The Balaban J connectivity index is 1.78. The minimum absolute atomic E-state index is 0.0659. The number of rotatable bonds is 3. The zero-order valence-electron chi connectivity index (χ0n) is 11.5. The summed E-state index contributed by atoms with van der Waals surface area (Å²) in [6.45, 7) is 3.86. The molecule has 0 aromatic rings. The number of carbonyl (C=O) groups excluding carboxylic acids is 3. The van der Waals surface area contributed by atoms with Crippen LogP contribution in [0.2, 0.25) is 0 Å². The van der Waals surface area contributed by atoms with Crippen molar-refractivity contribution in [2.24, 2.45) is 5.92 Å². The molecule has 0 radical (unpaired) electrons. The Morgan fingerprint density at radius 3 is 2.65 bits per heavy atom. The van der Waals surface area contributed by atoms with Gasteiger partial charge in [-0.05, 0) is 32.9 Å². The zero-order valence-corrected chi connectivity index (χ0v) is 11.5. The molecule has 0 N–H and O–H groups in total. The third kappa shape index (κ3) is 1.88. The number of imide groups is 1. The predicted octanol–water partition coefficient (Wildman–Crippen LogP) is -0.00730. The number of amides is 2. The van der Waals surface area contributed by atoms with Crippen molar-refractivity contribution in [3.05, 3.63) is 0 Å². The molecule has 7 heteroatoms. The normalized spacial score (nSPS) is 35.5. The van der Waals surface area contributed by atoms with E-state index in [1.54, 1.807) is 6.92 Å². The fourth-order valence-electron chi connectivity index (χ4n) is 3.41. The molecule has 110 valence electrons. The second-order valence-corrected chi connectivity index (χ2v) is 5.50. The number of nitrogens with zero attached hydrogens (tertiary/aromatic N) is 2. The summed E-state index contributed by atoms with van der Waals surface area (Å²) in [6.07, 6.45) is 0.982. The Labute approximate surface area is 116 Å². The van der Waals surface area contributed by atoms with Gasteiger partial charge in [0.1, 0.15) is 6.54 Å². The summed E-state index contributed by atoms with van der Waals surface area (Å²) in [6, 6.07) is 0. The van der Waals surface area contributed by atoms with Crippen molar-refractivity contribution in [3.63, 3.8) is 0 Å². The van der Waals surface area contributed by atoms with E-state index in [0.29, 0.717) is 6.54 Å². The van der Waals surface area contributed by atoms with Crippen molar-refractivity contribution in [2.75, 3.05) is 32.8 Å². The average molecular weight is 282 g/mol. The van der Waals surface area contributed by atoms with Gasteiger partial charge >= 0.3 is 12.1 Å². The minimum atomic E-state index is -1.07. The number of esters is 1. The van der Waals surface area contributed by atoms with Crippen molar-refractivity contribution in [3.8, 4) is 0 Å². The van der Waals surface area contributed by atoms with E-state index in [-0.39, 0.29) is 25.0 Å². The molecule has 4 fully saturated rings. The van der Waals surface area contributed by atoms with Crippen LogP contribution in [0.15, 0.2) is 0 Å². The smallest absolute Gasteiger partial charge is 0.418 e. The lowest BCUT2D eigenvalue weighted by atomic mass is 9.75. The molecule has 7 nitrogen and oxygen atoms in total. The van der Waals surface area contributed by atoms with E-state index in [1.807, 2.05) is 0 Å². The monoisotopic (exact) mass is 282 g/mol. The highest BCUT2D eigenvalue weighted by Gasteiger charge is 2.62. The fourth-order valence-corrected chi connectivity index (χ4v) is 3.41. The van der Waals surface area contributed by atoms with Gasteiger partial charge in [0.15, 0.2) is 0 Å². The van der Waals surface area contributed by atoms with Gasteiger partial charge < -0.3 is 9.47 Å². The molecule has 4 aliphatic heterocycles. The summed E-state index contributed by atoms with van der Waals surface area (Å²) < 4.78 is 10.2. The van der Waals surface area contributed by atoms with Gasteiger partial charge in [0, 0.05) is 12.5 Å². The molecule has 0 aromatic heterocycles. The lowest BCUT2D eigenvalue weighted by molar-refractivity contribution is -0.156. The van der Waals surface area contributed by atoms with Crippen LogP contribution in [0.1, 0.15) is 19.8 Å². The van der Waals surface area contributed by atoms with E-state index in [2.05, 4.69) is 4.90 Å². The second-order valence-electron chi connectivity index (χ2n) is 5.50. The zero-order chi connectivity index (χ0) is 14.3. The van der Waals surface area contributed by atoms with Crippen LogP contribution in [-0.2, 0) is 19.1 Å². The van der Waals surface area contributed by atoms with E-state index < -0.39 is 17.7 Å². The quantitative estimate of drug-likeness (QED) is 0.678. The van der Waals surface area contributed by atoms with Gasteiger partial charge in [-0.1, -0.05) is 0 Å². The highest BCUT2D eigenvalue weighted by Crippen LogP contribution is 2.42. The van der Waals surface area contributed by atoms with Gasteiger partial charge in [0.05, 0.1) is 6.61 Å². The number of piperidine rings is 3. The summed E-state index contributed by atoms with van der Waals surface area (Å²) in [5.41, 5.74) is -1.07. The van der Waals surface area contributed by atoms with Crippen LogP contribution in [0.4, 0.5) is 4.79 Å². The molecule has 2 amide bonds. The Bertz CT molecular complexity index is 458. The summed E-state index contributed by atoms with van der Waals surface area (Å²) in [5, 5.41) is 0. The van der Waals surface area contributed by atoms with Crippen LogP contribution in [0.5, 0.6) is 0 Å². The Hall–Kier alpha value is -1.63. The van der Waals surface area contributed by atoms with Gasteiger partial charge in [-0.3, -0.25) is 14.5 Å². The molecule has 20 heavy (non-hydrogen) atoms. The van der Waals surface area contributed by atoms with E-state index in [0.717, 1.165) is 30.8 Å². The summed E-state index contributed by atoms with van der Waals surface area (Å²) >= 11 is 0. The van der Waals surface area contributed by atoms with Crippen LogP contribution >= 0.6 is 0 Å². The molecule has 1 spiro atoms. The van der Waals surface area contributed by atoms with Crippen LogP contribution in [-0.4, -0.2) is 66.2 Å². The Morgan fingerprint density at radius 1 is 1.40 bits per heavy atom. The standard InChI is InChI=1S/C13H18N2O5/c1-2-19-10(16)7-15-11(17)13(20-12(15)18)8-14-5-3-9(13)4-6-14/h9H,2-8H2,1H3. The highest BCUT2D eigenvalue weighted by atomic mass is 16.6. The lowest BCUT2D eigenvalue weighted by Gasteiger charge is -2.48. The van der Waals surface area contributed by atoms with Gasteiger partial charge in [0.2, 0.25) is 5.60 Å².